The number of nitrogens with one attached hydrogen (secondary N) is 1. The Bertz CT molecular complexity index is 1260. The lowest BCUT2D eigenvalue weighted by molar-refractivity contribution is -0.113. The van der Waals surface area contributed by atoms with Crippen molar-refractivity contribution in [2.75, 3.05) is 31.4 Å². The molecule has 9 heteroatoms. The van der Waals surface area contributed by atoms with Crippen molar-refractivity contribution in [1.29, 1.82) is 5.26 Å². The summed E-state index contributed by atoms with van der Waals surface area (Å²) >= 11 is 1.12. The molecular weight excluding hydrogens is 466 g/mol. The Balaban J connectivity index is 1.91. The number of aryl methyl sites for hydroxylation is 4. The molecule has 0 aliphatic carbocycles. The molecule has 0 saturated carbocycles. The van der Waals surface area contributed by atoms with E-state index in [1.807, 2.05) is 32.9 Å². The highest BCUT2D eigenvalue weighted by molar-refractivity contribution is 8.00. The fourth-order valence-corrected chi connectivity index (χ4v) is 4.61. The molecule has 182 valence electrons. The molecule has 0 atom stereocenters. The number of methoxy groups -OCH3 is 1. The SMILES string of the molecule is COCCOC(=O)c1c(C)nc(SCC(=O)Nc2c(C)cc(C)cc2C)c(C#N)c1-c1ccco1. The summed E-state index contributed by atoms with van der Waals surface area (Å²) < 4.78 is 15.8. The Hall–Kier alpha value is -3.61. The second-order valence-electron chi connectivity index (χ2n) is 7.96. The predicted octanol–water partition coefficient (Wildman–Crippen LogP) is 4.98. The molecule has 0 fully saturated rings. The third-order valence-electron chi connectivity index (χ3n) is 5.23. The molecule has 8 nitrogen and oxygen atoms in total. The first-order valence-electron chi connectivity index (χ1n) is 10.9. The highest BCUT2D eigenvalue weighted by atomic mass is 32.2. The smallest absolute Gasteiger partial charge is 0.340 e. The molecule has 1 aromatic carbocycles. The van der Waals surface area contributed by atoms with Crippen LogP contribution >= 0.6 is 11.8 Å². The largest absolute Gasteiger partial charge is 0.464 e. The Morgan fingerprint density at radius 1 is 1.17 bits per heavy atom. The van der Waals surface area contributed by atoms with Gasteiger partial charge in [-0.05, 0) is 51.0 Å². The molecule has 0 aliphatic heterocycles. The monoisotopic (exact) mass is 493 g/mol. The van der Waals surface area contributed by atoms with Crippen molar-refractivity contribution < 1.29 is 23.5 Å². The number of rotatable bonds is 9. The summed E-state index contributed by atoms with van der Waals surface area (Å²) in [5.41, 5.74) is 4.80. The molecule has 0 bridgehead atoms. The van der Waals surface area contributed by atoms with Crippen LogP contribution in [0.1, 0.15) is 38.3 Å². The van der Waals surface area contributed by atoms with Gasteiger partial charge in [0.15, 0.2) is 0 Å². The highest BCUT2D eigenvalue weighted by Gasteiger charge is 2.27. The zero-order valence-corrected chi connectivity index (χ0v) is 21.2. The van der Waals surface area contributed by atoms with Crippen molar-refractivity contribution >= 4 is 29.3 Å². The number of carbonyl (C=O) groups is 2. The molecule has 3 rings (SSSR count). The Kier molecular flexibility index (Phi) is 8.68. The summed E-state index contributed by atoms with van der Waals surface area (Å²) in [4.78, 5) is 30.1. The van der Waals surface area contributed by atoms with Gasteiger partial charge >= 0.3 is 5.97 Å². The fraction of sp³-hybridized carbons (Fsp3) is 0.308. The maximum Gasteiger partial charge on any atom is 0.340 e. The van der Waals surface area contributed by atoms with Gasteiger partial charge in [-0.2, -0.15) is 5.26 Å². The number of anilines is 1. The molecule has 2 heterocycles. The molecule has 0 unspecified atom stereocenters. The molecule has 1 N–H and O–H groups in total. The zero-order chi connectivity index (χ0) is 25.5. The normalized spacial score (nSPS) is 10.6. The number of benzene rings is 1. The summed E-state index contributed by atoms with van der Waals surface area (Å²) in [7, 11) is 1.51. The van der Waals surface area contributed by atoms with Crippen LogP contribution in [0, 0.1) is 39.0 Å². The van der Waals surface area contributed by atoms with E-state index in [1.54, 1.807) is 19.1 Å². The van der Waals surface area contributed by atoms with Crippen molar-refractivity contribution in [3.63, 3.8) is 0 Å². The van der Waals surface area contributed by atoms with Crippen LogP contribution in [0.3, 0.4) is 0 Å². The maximum atomic E-state index is 12.9. The number of nitriles is 1. The van der Waals surface area contributed by atoms with Crippen LogP contribution in [0.25, 0.3) is 11.3 Å². The minimum Gasteiger partial charge on any atom is -0.464 e. The van der Waals surface area contributed by atoms with Crippen molar-refractivity contribution in [1.82, 2.24) is 4.98 Å². The maximum absolute atomic E-state index is 12.9. The number of amides is 1. The minimum atomic E-state index is -0.630. The third-order valence-corrected chi connectivity index (χ3v) is 6.21. The number of aromatic nitrogens is 1. The number of ether oxygens (including phenoxy) is 2. The first kappa shape index (κ1) is 26.0. The van der Waals surface area contributed by atoms with E-state index >= 15 is 0 Å². The fourth-order valence-electron chi connectivity index (χ4n) is 3.78. The van der Waals surface area contributed by atoms with Crippen molar-refractivity contribution in [2.24, 2.45) is 0 Å². The van der Waals surface area contributed by atoms with Crippen molar-refractivity contribution in [3.05, 3.63) is 64.0 Å². The lowest BCUT2D eigenvalue weighted by Gasteiger charge is -2.15. The Labute approximate surface area is 208 Å². The van der Waals surface area contributed by atoms with Crippen LogP contribution in [-0.2, 0) is 14.3 Å². The van der Waals surface area contributed by atoms with E-state index in [1.165, 1.54) is 13.4 Å². The second-order valence-corrected chi connectivity index (χ2v) is 8.92. The average Bonchev–Trinajstić information content (AvgIpc) is 3.34. The van der Waals surface area contributed by atoms with Crippen LogP contribution in [0.2, 0.25) is 0 Å². The van der Waals surface area contributed by atoms with Gasteiger partial charge in [0.25, 0.3) is 0 Å². The molecular formula is C26H27N3O5S. The van der Waals surface area contributed by atoms with Gasteiger partial charge in [-0.25, -0.2) is 9.78 Å². The van der Waals surface area contributed by atoms with E-state index in [4.69, 9.17) is 13.9 Å². The number of pyridine rings is 1. The third kappa shape index (κ3) is 6.10. The van der Waals surface area contributed by atoms with Crippen molar-refractivity contribution in [2.45, 2.75) is 32.7 Å². The lowest BCUT2D eigenvalue weighted by Crippen LogP contribution is -2.17. The number of hydrogen-bond donors (Lipinski definition) is 1. The molecule has 0 aliphatic rings. The Morgan fingerprint density at radius 3 is 2.49 bits per heavy atom. The number of thioether (sulfide) groups is 1. The van der Waals surface area contributed by atoms with Crippen LogP contribution in [0.15, 0.2) is 40.0 Å². The molecule has 35 heavy (non-hydrogen) atoms. The molecule has 0 radical (unpaired) electrons. The first-order valence-corrected chi connectivity index (χ1v) is 11.9. The van der Waals surface area contributed by atoms with Crippen LogP contribution < -0.4 is 5.32 Å². The quantitative estimate of drug-likeness (QED) is 0.252. The molecule has 2 aromatic heterocycles. The number of carbonyl (C=O) groups excluding carboxylic acids is 2. The first-order chi connectivity index (χ1) is 16.8. The van der Waals surface area contributed by atoms with E-state index in [9.17, 15) is 14.9 Å². The van der Waals surface area contributed by atoms with Gasteiger partial charge in [0, 0.05) is 12.8 Å². The summed E-state index contributed by atoms with van der Waals surface area (Å²) in [6.07, 6.45) is 1.46. The van der Waals surface area contributed by atoms with E-state index in [-0.39, 0.29) is 36.0 Å². The van der Waals surface area contributed by atoms with Crippen LogP contribution in [0.4, 0.5) is 5.69 Å². The van der Waals surface area contributed by atoms with E-state index in [2.05, 4.69) is 16.4 Å². The molecule has 0 spiro atoms. The predicted molar refractivity (Wildman–Crippen MR) is 134 cm³/mol. The van der Waals surface area contributed by atoms with Gasteiger partial charge in [-0.3, -0.25) is 4.79 Å². The van der Waals surface area contributed by atoms with Crippen LogP contribution in [0.5, 0.6) is 0 Å². The minimum absolute atomic E-state index is 0.0309. The zero-order valence-electron chi connectivity index (χ0n) is 20.4. The summed E-state index contributed by atoms with van der Waals surface area (Å²) in [6.45, 7) is 7.85. The summed E-state index contributed by atoms with van der Waals surface area (Å²) in [5.74, 6) is -0.489. The molecule has 1 amide bonds. The van der Waals surface area contributed by atoms with Gasteiger partial charge in [0.2, 0.25) is 5.91 Å². The lowest BCUT2D eigenvalue weighted by atomic mass is 9.99. The van der Waals surface area contributed by atoms with E-state index in [0.717, 1.165) is 34.1 Å². The number of nitrogens with zero attached hydrogens (tertiary/aromatic N) is 2. The topological polar surface area (TPSA) is 114 Å². The van der Waals surface area contributed by atoms with Gasteiger partial charge in [0.1, 0.15) is 23.5 Å². The van der Waals surface area contributed by atoms with Gasteiger partial charge in [-0.1, -0.05) is 29.5 Å². The molecule has 3 aromatic rings. The number of hydrogen-bond acceptors (Lipinski definition) is 8. The summed E-state index contributed by atoms with van der Waals surface area (Å²) in [6, 6.07) is 9.47. The number of esters is 1. The van der Waals surface area contributed by atoms with Crippen molar-refractivity contribution in [3.8, 4) is 17.4 Å². The average molecular weight is 494 g/mol. The highest BCUT2D eigenvalue weighted by Crippen LogP contribution is 2.35. The molecule has 0 saturated heterocycles. The van der Waals surface area contributed by atoms with E-state index in [0.29, 0.717) is 22.0 Å². The standard InChI is InChI=1S/C26H27N3O5S/c1-15-11-16(2)24(17(3)12-15)29-21(30)14-35-25-19(13-27)23(20-7-6-8-33-20)22(18(4)28-25)26(31)34-10-9-32-5/h6-8,11-12H,9-10,14H2,1-5H3,(H,29,30). The van der Waals surface area contributed by atoms with E-state index < -0.39 is 5.97 Å². The van der Waals surface area contributed by atoms with Gasteiger partial charge in [-0.15, -0.1) is 0 Å². The second kappa shape index (κ2) is 11.7. The number of furan rings is 1. The van der Waals surface area contributed by atoms with Gasteiger partial charge < -0.3 is 19.2 Å². The van der Waals surface area contributed by atoms with Gasteiger partial charge in [0.05, 0.1) is 41.0 Å². The Morgan fingerprint density at radius 2 is 1.89 bits per heavy atom. The van der Waals surface area contributed by atoms with Crippen LogP contribution in [-0.4, -0.2) is 42.9 Å². The summed E-state index contributed by atoms with van der Waals surface area (Å²) in [5, 5.41) is 13.3.